The largest absolute Gasteiger partial charge is 0.507 e. The fourth-order valence-electron chi connectivity index (χ4n) is 1.38. The van der Waals surface area contributed by atoms with Crippen molar-refractivity contribution in [2.24, 2.45) is 0 Å². The highest BCUT2D eigenvalue weighted by atomic mass is 16.3. The van der Waals surface area contributed by atoms with E-state index in [1.165, 1.54) is 0 Å². The molecule has 1 heterocycles. The van der Waals surface area contributed by atoms with E-state index in [2.05, 4.69) is 4.98 Å². The molecule has 0 spiro atoms. The van der Waals surface area contributed by atoms with Crippen LogP contribution in [0.3, 0.4) is 0 Å². The SMILES string of the molecule is Cc1cc2c(O)cccc2nc1C. The van der Waals surface area contributed by atoms with Gasteiger partial charge in [-0.25, -0.2) is 0 Å². The quantitative estimate of drug-likeness (QED) is 0.664. The molecule has 0 aliphatic rings. The molecule has 2 nitrogen and oxygen atoms in total. The number of fused-ring (bicyclic) bond motifs is 1. The van der Waals surface area contributed by atoms with E-state index in [-0.39, 0.29) is 0 Å². The summed E-state index contributed by atoms with van der Waals surface area (Å²) in [5.74, 6) is 0.299. The monoisotopic (exact) mass is 173 g/mol. The maximum Gasteiger partial charge on any atom is 0.124 e. The number of rotatable bonds is 0. The number of aromatic hydroxyl groups is 1. The maximum absolute atomic E-state index is 9.55. The van der Waals surface area contributed by atoms with Gasteiger partial charge in [0.2, 0.25) is 0 Å². The molecule has 2 heteroatoms. The first kappa shape index (κ1) is 8.05. The first-order valence-corrected chi connectivity index (χ1v) is 4.24. The van der Waals surface area contributed by atoms with Crippen LogP contribution >= 0.6 is 0 Å². The summed E-state index contributed by atoms with van der Waals surface area (Å²) in [6.45, 7) is 3.97. The molecule has 0 aliphatic heterocycles. The summed E-state index contributed by atoms with van der Waals surface area (Å²) >= 11 is 0. The van der Waals surface area contributed by atoms with Crippen LogP contribution in [0.15, 0.2) is 24.3 Å². The number of phenols is 1. The molecule has 0 unspecified atom stereocenters. The van der Waals surface area contributed by atoms with Gasteiger partial charge in [0.05, 0.1) is 5.52 Å². The van der Waals surface area contributed by atoms with Gasteiger partial charge < -0.3 is 5.11 Å². The van der Waals surface area contributed by atoms with E-state index in [4.69, 9.17) is 0 Å². The number of pyridine rings is 1. The number of hydrogen-bond acceptors (Lipinski definition) is 2. The van der Waals surface area contributed by atoms with Crippen molar-refractivity contribution < 1.29 is 5.11 Å². The van der Waals surface area contributed by atoms with Crippen molar-refractivity contribution in [3.63, 3.8) is 0 Å². The summed E-state index contributed by atoms with van der Waals surface area (Å²) in [5, 5.41) is 10.4. The molecule has 0 bridgehead atoms. The van der Waals surface area contributed by atoms with Gasteiger partial charge in [-0.05, 0) is 37.6 Å². The predicted octanol–water partition coefficient (Wildman–Crippen LogP) is 2.56. The summed E-state index contributed by atoms with van der Waals surface area (Å²) in [7, 11) is 0. The van der Waals surface area contributed by atoms with Crippen LogP contribution in [0.2, 0.25) is 0 Å². The molecular weight excluding hydrogens is 162 g/mol. The van der Waals surface area contributed by atoms with Crippen molar-refractivity contribution in [3.8, 4) is 5.75 Å². The zero-order valence-corrected chi connectivity index (χ0v) is 7.70. The van der Waals surface area contributed by atoms with Crippen LogP contribution in [0.25, 0.3) is 10.9 Å². The Morgan fingerprint density at radius 3 is 2.77 bits per heavy atom. The lowest BCUT2D eigenvalue weighted by Gasteiger charge is -2.03. The number of hydrogen-bond donors (Lipinski definition) is 1. The zero-order chi connectivity index (χ0) is 9.42. The third kappa shape index (κ3) is 1.24. The van der Waals surface area contributed by atoms with Crippen molar-refractivity contribution in [1.82, 2.24) is 4.98 Å². The number of benzene rings is 1. The minimum atomic E-state index is 0.299. The van der Waals surface area contributed by atoms with E-state index >= 15 is 0 Å². The van der Waals surface area contributed by atoms with Crippen molar-refractivity contribution in [3.05, 3.63) is 35.5 Å². The van der Waals surface area contributed by atoms with Gasteiger partial charge in [0, 0.05) is 11.1 Å². The summed E-state index contributed by atoms with van der Waals surface area (Å²) in [4.78, 5) is 4.38. The topological polar surface area (TPSA) is 33.1 Å². The number of phenolic OH excluding ortho intramolecular Hbond substituents is 1. The fourth-order valence-corrected chi connectivity index (χ4v) is 1.38. The molecule has 0 saturated heterocycles. The molecule has 2 rings (SSSR count). The lowest BCUT2D eigenvalue weighted by Crippen LogP contribution is -1.87. The van der Waals surface area contributed by atoms with Crippen LogP contribution in [-0.4, -0.2) is 10.1 Å². The lowest BCUT2D eigenvalue weighted by molar-refractivity contribution is 0.481. The summed E-state index contributed by atoms with van der Waals surface area (Å²) in [6.07, 6.45) is 0. The Bertz CT molecular complexity index is 463. The van der Waals surface area contributed by atoms with E-state index in [9.17, 15) is 5.11 Å². The molecule has 0 fully saturated rings. The van der Waals surface area contributed by atoms with E-state index < -0.39 is 0 Å². The van der Waals surface area contributed by atoms with Crippen LogP contribution in [0, 0.1) is 13.8 Å². The van der Waals surface area contributed by atoms with Gasteiger partial charge in [-0.2, -0.15) is 0 Å². The molecule has 0 atom stereocenters. The Hall–Kier alpha value is -1.57. The van der Waals surface area contributed by atoms with Crippen LogP contribution in [0.4, 0.5) is 0 Å². The third-order valence-electron chi connectivity index (χ3n) is 2.28. The normalized spacial score (nSPS) is 10.6. The van der Waals surface area contributed by atoms with Crippen molar-refractivity contribution >= 4 is 10.9 Å². The van der Waals surface area contributed by atoms with Crippen molar-refractivity contribution in [2.45, 2.75) is 13.8 Å². The lowest BCUT2D eigenvalue weighted by atomic mass is 10.1. The molecule has 0 saturated carbocycles. The van der Waals surface area contributed by atoms with Gasteiger partial charge >= 0.3 is 0 Å². The minimum absolute atomic E-state index is 0.299. The first-order valence-electron chi connectivity index (χ1n) is 4.24. The third-order valence-corrected chi connectivity index (χ3v) is 2.28. The Labute approximate surface area is 76.9 Å². The van der Waals surface area contributed by atoms with E-state index in [1.807, 2.05) is 26.0 Å². The Morgan fingerprint density at radius 1 is 1.23 bits per heavy atom. The van der Waals surface area contributed by atoms with Crippen LogP contribution < -0.4 is 0 Å². The zero-order valence-electron chi connectivity index (χ0n) is 7.70. The highest BCUT2D eigenvalue weighted by Gasteiger charge is 2.02. The summed E-state index contributed by atoms with van der Waals surface area (Å²) in [6, 6.07) is 7.35. The van der Waals surface area contributed by atoms with Crippen LogP contribution in [-0.2, 0) is 0 Å². The van der Waals surface area contributed by atoms with E-state index in [1.54, 1.807) is 12.1 Å². The van der Waals surface area contributed by atoms with Gasteiger partial charge in [-0.3, -0.25) is 4.98 Å². The fraction of sp³-hybridized carbons (Fsp3) is 0.182. The average molecular weight is 173 g/mol. The molecule has 0 amide bonds. The molecule has 0 aliphatic carbocycles. The number of nitrogens with zero attached hydrogens (tertiary/aromatic N) is 1. The van der Waals surface area contributed by atoms with Gasteiger partial charge in [-0.15, -0.1) is 0 Å². The first-order chi connectivity index (χ1) is 6.18. The summed E-state index contributed by atoms with van der Waals surface area (Å²) < 4.78 is 0. The van der Waals surface area contributed by atoms with Gasteiger partial charge in [0.15, 0.2) is 0 Å². The highest BCUT2D eigenvalue weighted by molar-refractivity contribution is 5.85. The number of aryl methyl sites for hydroxylation is 2. The Kier molecular flexibility index (Phi) is 1.69. The van der Waals surface area contributed by atoms with E-state index in [0.717, 1.165) is 22.2 Å². The van der Waals surface area contributed by atoms with Crippen LogP contribution in [0.5, 0.6) is 5.75 Å². The Morgan fingerprint density at radius 2 is 2.00 bits per heavy atom. The molecule has 66 valence electrons. The maximum atomic E-state index is 9.55. The van der Waals surface area contributed by atoms with Gasteiger partial charge in [0.25, 0.3) is 0 Å². The second kappa shape index (κ2) is 2.73. The van der Waals surface area contributed by atoms with Gasteiger partial charge in [0.1, 0.15) is 5.75 Å². The van der Waals surface area contributed by atoms with Crippen molar-refractivity contribution in [2.75, 3.05) is 0 Å². The molecule has 1 N–H and O–H groups in total. The molecule has 13 heavy (non-hydrogen) atoms. The molecular formula is C11H11NO. The molecule has 1 aromatic carbocycles. The predicted molar refractivity (Wildman–Crippen MR) is 52.9 cm³/mol. The average Bonchev–Trinajstić information content (AvgIpc) is 2.09. The highest BCUT2D eigenvalue weighted by Crippen LogP contribution is 2.24. The Balaban J connectivity index is 2.89. The molecule has 1 aromatic heterocycles. The van der Waals surface area contributed by atoms with Crippen molar-refractivity contribution in [1.29, 1.82) is 0 Å². The molecule has 0 radical (unpaired) electrons. The number of aromatic nitrogens is 1. The second-order valence-electron chi connectivity index (χ2n) is 3.23. The minimum Gasteiger partial charge on any atom is -0.507 e. The smallest absolute Gasteiger partial charge is 0.124 e. The van der Waals surface area contributed by atoms with Gasteiger partial charge in [-0.1, -0.05) is 6.07 Å². The van der Waals surface area contributed by atoms with E-state index in [0.29, 0.717) is 5.75 Å². The second-order valence-corrected chi connectivity index (χ2v) is 3.23. The standard InChI is InChI=1S/C11H11NO/c1-7-6-9-10(12-8(7)2)4-3-5-11(9)13/h3-6,13H,1-2H3. The van der Waals surface area contributed by atoms with Crippen LogP contribution in [0.1, 0.15) is 11.3 Å². The summed E-state index contributed by atoms with van der Waals surface area (Å²) in [5.41, 5.74) is 2.97. The molecule has 2 aromatic rings.